The monoisotopic (exact) mass is 361 g/mol. The number of carbonyl (C=O) groups excluding carboxylic acids is 3. The summed E-state index contributed by atoms with van der Waals surface area (Å²) in [5.41, 5.74) is 0.994. The molecule has 1 aromatic rings. The van der Waals surface area contributed by atoms with E-state index in [0.29, 0.717) is 31.1 Å². The number of likely N-dealkylation sites (tertiary alicyclic amines) is 1. The standard InChI is InChI=1S/C18H23N3O5/c1-25-14-5-3-4-13(17(14)26-2)12-7-9-20(10-12)16(23)11-21-15(22)6-8-19-18(21)24/h3-5,12H,6-11H2,1-2H3,(H,19,24). The van der Waals surface area contributed by atoms with Crippen LogP contribution in [0.15, 0.2) is 18.2 Å². The predicted molar refractivity (Wildman–Crippen MR) is 93.2 cm³/mol. The molecule has 4 amide bonds. The second-order valence-corrected chi connectivity index (χ2v) is 6.37. The number of imide groups is 1. The summed E-state index contributed by atoms with van der Waals surface area (Å²) in [6.45, 7) is 1.20. The molecule has 0 aliphatic carbocycles. The summed E-state index contributed by atoms with van der Waals surface area (Å²) in [6.07, 6.45) is 1.01. The number of rotatable bonds is 5. The van der Waals surface area contributed by atoms with Gasteiger partial charge in [-0.05, 0) is 12.5 Å². The number of carbonyl (C=O) groups is 3. The first-order valence-electron chi connectivity index (χ1n) is 8.62. The van der Waals surface area contributed by atoms with E-state index >= 15 is 0 Å². The molecule has 0 spiro atoms. The van der Waals surface area contributed by atoms with Crippen molar-refractivity contribution in [2.24, 2.45) is 0 Å². The highest BCUT2D eigenvalue weighted by Crippen LogP contribution is 2.39. The van der Waals surface area contributed by atoms with Gasteiger partial charge in [0.05, 0.1) is 14.2 Å². The van der Waals surface area contributed by atoms with Crippen molar-refractivity contribution < 1.29 is 23.9 Å². The fraction of sp³-hybridized carbons (Fsp3) is 0.500. The van der Waals surface area contributed by atoms with E-state index in [1.807, 2.05) is 18.2 Å². The number of ether oxygens (including phenoxy) is 2. The van der Waals surface area contributed by atoms with Gasteiger partial charge >= 0.3 is 6.03 Å². The molecule has 0 saturated carbocycles. The van der Waals surface area contributed by atoms with Crippen LogP contribution in [0.2, 0.25) is 0 Å². The maximum Gasteiger partial charge on any atom is 0.324 e. The normalized spacial score (nSPS) is 20.2. The molecular formula is C18H23N3O5. The largest absolute Gasteiger partial charge is 0.493 e. The van der Waals surface area contributed by atoms with Crippen LogP contribution in [0.1, 0.15) is 24.3 Å². The van der Waals surface area contributed by atoms with E-state index in [9.17, 15) is 14.4 Å². The molecule has 2 aliphatic rings. The summed E-state index contributed by atoms with van der Waals surface area (Å²) in [6, 6.07) is 5.21. The van der Waals surface area contributed by atoms with Crippen molar-refractivity contribution in [3.63, 3.8) is 0 Å². The Morgan fingerprint density at radius 1 is 1.27 bits per heavy atom. The average molecular weight is 361 g/mol. The quantitative estimate of drug-likeness (QED) is 0.844. The maximum absolute atomic E-state index is 12.6. The van der Waals surface area contributed by atoms with Gasteiger partial charge in [0.2, 0.25) is 11.8 Å². The van der Waals surface area contributed by atoms with E-state index in [4.69, 9.17) is 9.47 Å². The van der Waals surface area contributed by atoms with Crippen LogP contribution in [0.4, 0.5) is 4.79 Å². The third kappa shape index (κ3) is 3.44. The van der Waals surface area contributed by atoms with Crippen LogP contribution in [0.25, 0.3) is 0 Å². The Morgan fingerprint density at radius 3 is 2.77 bits per heavy atom. The molecule has 1 aromatic carbocycles. The number of urea groups is 1. The first-order chi connectivity index (χ1) is 12.5. The number of methoxy groups -OCH3 is 2. The van der Waals surface area contributed by atoms with Crippen LogP contribution >= 0.6 is 0 Å². The molecule has 2 saturated heterocycles. The number of hydrogen-bond donors (Lipinski definition) is 1. The van der Waals surface area contributed by atoms with Crippen molar-refractivity contribution >= 4 is 17.8 Å². The van der Waals surface area contributed by atoms with Crippen molar-refractivity contribution in [3.05, 3.63) is 23.8 Å². The van der Waals surface area contributed by atoms with Gasteiger partial charge in [-0.2, -0.15) is 0 Å². The van der Waals surface area contributed by atoms with E-state index in [2.05, 4.69) is 5.32 Å². The SMILES string of the molecule is COc1cccc(C2CCN(C(=O)CN3C(=O)CCNC3=O)C2)c1OC. The lowest BCUT2D eigenvalue weighted by atomic mass is 9.97. The number of amides is 4. The third-order valence-corrected chi connectivity index (χ3v) is 4.87. The lowest BCUT2D eigenvalue weighted by Gasteiger charge is -2.27. The summed E-state index contributed by atoms with van der Waals surface area (Å²) in [5.74, 6) is 0.923. The minimum Gasteiger partial charge on any atom is -0.493 e. The molecule has 2 aliphatic heterocycles. The van der Waals surface area contributed by atoms with Gasteiger partial charge < -0.3 is 19.7 Å². The van der Waals surface area contributed by atoms with Crippen molar-refractivity contribution in [1.29, 1.82) is 0 Å². The van der Waals surface area contributed by atoms with E-state index in [1.54, 1.807) is 19.1 Å². The lowest BCUT2D eigenvalue weighted by Crippen LogP contribution is -2.53. The first-order valence-corrected chi connectivity index (χ1v) is 8.62. The van der Waals surface area contributed by atoms with Crippen molar-refractivity contribution in [2.45, 2.75) is 18.8 Å². The second-order valence-electron chi connectivity index (χ2n) is 6.37. The topological polar surface area (TPSA) is 88.2 Å². The number of nitrogens with one attached hydrogen (secondary N) is 1. The van der Waals surface area contributed by atoms with E-state index in [-0.39, 0.29) is 30.7 Å². The number of hydrogen-bond acceptors (Lipinski definition) is 5. The number of para-hydroxylation sites is 1. The Hall–Kier alpha value is -2.77. The van der Waals surface area contributed by atoms with Gasteiger partial charge in [0.25, 0.3) is 0 Å². The average Bonchev–Trinajstić information content (AvgIpc) is 3.14. The molecule has 1 N–H and O–H groups in total. The van der Waals surface area contributed by atoms with Crippen LogP contribution in [0.3, 0.4) is 0 Å². The molecule has 26 heavy (non-hydrogen) atoms. The third-order valence-electron chi connectivity index (χ3n) is 4.87. The summed E-state index contributed by atoms with van der Waals surface area (Å²) >= 11 is 0. The van der Waals surface area contributed by atoms with E-state index < -0.39 is 6.03 Å². The minimum atomic E-state index is -0.500. The van der Waals surface area contributed by atoms with Crippen molar-refractivity contribution in [2.75, 3.05) is 40.4 Å². The van der Waals surface area contributed by atoms with Crippen LogP contribution in [0.5, 0.6) is 11.5 Å². The Bertz CT molecular complexity index is 705. The predicted octanol–water partition coefficient (Wildman–Crippen LogP) is 0.962. The van der Waals surface area contributed by atoms with Gasteiger partial charge in [0.15, 0.2) is 11.5 Å². The molecule has 2 heterocycles. The van der Waals surface area contributed by atoms with Gasteiger partial charge in [-0.3, -0.25) is 14.5 Å². The smallest absolute Gasteiger partial charge is 0.324 e. The van der Waals surface area contributed by atoms with Gasteiger partial charge in [-0.15, -0.1) is 0 Å². The zero-order valence-electron chi connectivity index (χ0n) is 15.0. The zero-order valence-corrected chi connectivity index (χ0v) is 15.0. The van der Waals surface area contributed by atoms with Crippen molar-refractivity contribution in [3.8, 4) is 11.5 Å². The van der Waals surface area contributed by atoms with Crippen molar-refractivity contribution in [1.82, 2.24) is 15.1 Å². The van der Waals surface area contributed by atoms with E-state index in [0.717, 1.165) is 16.9 Å². The highest BCUT2D eigenvalue weighted by atomic mass is 16.5. The Balaban J connectivity index is 1.68. The molecule has 140 valence electrons. The summed E-state index contributed by atoms with van der Waals surface area (Å²) in [5, 5.41) is 2.59. The Kier molecular flexibility index (Phi) is 5.29. The Morgan fingerprint density at radius 2 is 2.08 bits per heavy atom. The molecular weight excluding hydrogens is 338 g/mol. The molecule has 0 radical (unpaired) electrons. The fourth-order valence-electron chi connectivity index (χ4n) is 3.49. The molecule has 1 atom stereocenters. The van der Waals surface area contributed by atoms with Crippen LogP contribution in [-0.2, 0) is 9.59 Å². The van der Waals surface area contributed by atoms with Crippen LogP contribution in [0, 0.1) is 0 Å². The molecule has 1 unspecified atom stereocenters. The number of nitrogens with zero attached hydrogens (tertiary/aromatic N) is 2. The van der Waals surface area contributed by atoms with Gasteiger partial charge in [-0.25, -0.2) is 4.79 Å². The van der Waals surface area contributed by atoms with Gasteiger partial charge in [0.1, 0.15) is 6.54 Å². The maximum atomic E-state index is 12.6. The summed E-state index contributed by atoms with van der Waals surface area (Å²) in [4.78, 5) is 38.9. The molecule has 8 heteroatoms. The number of benzene rings is 1. The molecule has 0 bridgehead atoms. The molecule has 0 aromatic heterocycles. The van der Waals surface area contributed by atoms with Gasteiger partial charge in [0, 0.05) is 37.5 Å². The molecule has 2 fully saturated rings. The summed E-state index contributed by atoms with van der Waals surface area (Å²) in [7, 11) is 3.19. The van der Waals surface area contributed by atoms with Gasteiger partial charge in [-0.1, -0.05) is 12.1 Å². The second kappa shape index (κ2) is 7.63. The zero-order chi connectivity index (χ0) is 18.7. The van der Waals surface area contributed by atoms with Crippen LogP contribution in [-0.4, -0.2) is 68.0 Å². The van der Waals surface area contributed by atoms with E-state index in [1.165, 1.54) is 0 Å². The first kappa shape index (κ1) is 18.0. The van der Waals surface area contributed by atoms with Crippen LogP contribution < -0.4 is 14.8 Å². The minimum absolute atomic E-state index is 0.120. The Labute approximate surface area is 152 Å². The lowest BCUT2D eigenvalue weighted by molar-refractivity contribution is -0.138. The summed E-state index contributed by atoms with van der Waals surface area (Å²) < 4.78 is 10.8. The highest BCUT2D eigenvalue weighted by Gasteiger charge is 2.33. The highest BCUT2D eigenvalue weighted by molar-refractivity contribution is 6.00. The fourth-order valence-corrected chi connectivity index (χ4v) is 3.49. The molecule has 3 rings (SSSR count). The molecule has 8 nitrogen and oxygen atoms in total.